The van der Waals surface area contributed by atoms with Gasteiger partial charge in [0.05, 0.1) is 12.2 Å². The fraction of sp³-hybridized carbons (Fsp3) is 0.421. The fourth-order valence-corrected chi connectivity index (χ4v) is 2.29. The number of carbonyl (C=O) groups is 1. The number of ether oxygens (including phenoxy) is 1. The summed E-state index contributed by atoms with van der Waals surface area (Å²) in [6.07, 6.45) is 11.5. The maximum Gasteiger partial charge on any atom is 0.340 e. The number of aromatic nitrogens is 1. The summed E-state index contributed by atoms with van der Waals surface area (Å²) in [7, 11) is 1.72. The van der Waals surface area contributed by atoms with Crippen molar-refractivity contribution in [1.29, 1.82) is 0 Å². The normalized spacial score (nSPS) is 12.3. The maximum atomic E-state index is 12.3. The third-order valence-corrected chi connectivity index (χ3v) is 3.42. The number of aryl methyl sites for hydroxylation is 1. The Morgan fingerprint density at radius 2 is 2.13 bits per heavy atom. The number of esters is 1. The van der Waals surface area contributed by atoms with E-state index in [2.05, 4.69) is 23.0 Å². The van der Waals surface area contributed by atoms with E-state index < -0.39 is 0 Å². The van der Waals surface area contributed by atoms with Crippen LogP contribution in [0.4, 0.5) is 0 Å². The summed E-state index contributed by atoms with van der Waals surface area (Å²) in [6.45, 7) is 8.14. The van der Waals surface area contributed by atoms with Gasteiger partial charge in [-0.2, -0.15) is 0 Å². The summed E-state index contributed by atoms with van der Waals surface area (Å²) in [6, 6.07) is 0. The molecule has 1 aromatic heterocycles. The summed E-state index contributed by atoms with van der Waals surface area (Å²) in [4.78, 5) is 20.8. The van der Waals surface area contributed by atoms with Crippen LogP contribution in [0.1, 0.15) is 60.8 Å². The van der Waals surface area contributed by atoms with Gasteiger partial charge in [-0.15, -0.1) is 0 Å². The van der Waals surface area contributed by atoms with Crippen molar-refractivity contribution in [3.63, 3.8) is 0 Å². The third-order valence-electron chi connectivity index (χ3n) is 3.42. The van der Waals surface area contributed by atoms with Gasteiger partial charge >= 0.3 is 5.97 Å². The lowest BCUT2D eigenvalue weighted by Gasteiger charge is -2.14. The van der Waals surface area contributed by atoms with Gasteiger partial charge in [0.15, 0.2) is 0 Å². The molecule has 0 unspecified atom stereocenters. The van der Waals surface area contributed by atoms with E-state index in [1.807, 2.05) is 26.0 Å². The zero-order chi connectivity index (χ0) is 17.2. The van der Waals surface area contributed by atoms with E-state index in [4.69, 9.17) is 4.74 Å². The number of carbonyl (C=O) groups excluding carboxylic acids is 1. The van der Waals surface area contributed by atoms with Crippen LogP contribution in [0.2, 0.25) is 0 Å². The van der Waals surface area contributed by atoms with Gasteiger partial charge in [0, 0.05) is 36.3 Å². The highest BCUT2D eigenvalue weighted by Gasteiger charge is 2.19. The molecule has 0 fully saturated rings. The van der Waals surface area contributed by atoms with Gasteiger partial charge in [0.2, 0.25) is 0 Å². The smallest absolute Gasteiger partial charge is 0.340 e. The molecule has 124 valence electrons. The molecule has 0 radical (unpaired) electrons. The molecule has 0 amide bonds. The van der Waals surface area contributed by atoms with E-state index in [9.17, 15) is 4.79 Å². The third kappa shape index (κ3) is 4.88. The average Bonchev–Trinajstić information content (AvgIpc) is 2.54. The Labute approximate surface area is 139 Å². The average molecular weight is 314 g/mol. The molecule has 0 atom stereocenters. The summed E-state index contributed by atoms with van der Waals surface area (Å²) >= 11 is 0. The molecule has 1 rings (SSSR count). The van der Waals surface area contributed by atoms with Crippen molar-refractivity contribution in [3.05, 3.63) is 40.7 Å². The molecule has 0 bridgehead atoms. The minimum atomic E-state index is -0.357. The Kier molecular flexibility index (Phi) is 7.95. The largest absolute Gasteiger partial charge is 0.462 e. The van der Waals surface area contributed by atoms with E-state index in [-0.39, 0.29) is 5.97 Å². The molecule has 0 aliphatic heterocycles. The van der Waals surface area contributed by atoms with Crippen LogP contribution in [0.5, 0.6) is 0 Å². The van der Waals surface area contributed by atoms with Crippen LogP contribution in [0, 0.1) is 6.92 Å². The second kappa shape index (κ2) is 9.72. The Balaban J connectivity index is 3.59. The molecular formula is C19H26N2O2. The number of pyridine rings is 1. The number of hydrogen-bond acceptors (Lipinski definition) is 4. The number of nitrogens with zero attached hydrogens (tertiary/aromatic N) is 2. The second-order valence-electron chi connectivity index (χ2n) is 5.09. The van der Waals surface area contributed by atoms with Crippen LogP contribution < -0.4 is 0 Å². The number of aliphatic imine (C=N–C) groups is 1. The van der Waals surface area contributed by atoms with Crippen molar-refractivity contribution in [3.8, 4) is 0 Å². The molecule has 0 spiro atoms. The number of hydrogen-bond donors (Lipinski definition) is 0. The van der Waals surface area contributed by atoms with Crippen LogP contribution in [0.15, 0.2) is 23.3 Å². The highest BCUT2D eigenvalue weighted by molar-refractivity contribution is 6.14. The first-order chi connectivity index (χ1) is 11.1. The Hall–Kier alpha value is -2.23. The zero-order valence-electron chi connectivity index (χ0n) is 14.7. The highest BCUT2D eigenvalue weighted by Crippen LogP contribution is 2.26. The summed E-state index contributed by atoms with van der Waals surface area (Å²) in [5.41, 5.74) is 4.01. The molecule has 0 aliphatic rings. The summed E-state index contributed by atoms with van der Waals surface area (Å²) in [5, 5.41) is 0. The Bertz CT molecular complexity index is 629. The van der Waals surface area contributed by atoms with Crippen molar-refractivity contribution < 1.29 is 9.53 Å². The molecular weight excluding hydrogens is 288 g/mol. The fourth-order valence-electron chi connectivity index (χ4n) is 2.29. The van der Waals surface area contributed by atoms with Gasteiger partial charge in [0.1, 0.15) is 0 Å². The lowest BCUT2D eigenvalue weighted by atomic mass is 9.94. The Morgan fingerprint density at radius 1 is 1.39 bits per heavy atom. The Morgan fingerprint density at radius 3 is 2.70 bits per heavy atom. The first-order valence-electron chi connectivity index (χ1n) is 8.02. The van der Waals surface area contributed by atoms with Gasteiger partial charge in [-0.05, 0) is 32.8 Å². The van der Waals surface area contributed by atoms with Crippen LogP contribution in [0.3, 0.4) is 0 Å². The van der Waals surface area contributed by atoms with Crippen molar-refractivity contribution in [2.45, 2.75) is 40.5 Å². The van der Waals surface area contributed by atoms with E-state index in [0.717, 1.165) is 35.2 Å². The highest BCUT2D eigenvalue weighted by atomic mass is 16.5. The lowest BCUT2D eigenvalue weighted by molar-refractivity contribution is 0.0525. The van der Waals surface area contributed by atoms with Crippen LogP contribution >= 0.6 is 0 Å². The first-order valence-corrected chi connectivity index (χ1v) is 8.02. The minimum absolute atomic E-state index is 0.334. The van der Waals surface area contributed by atoms with Crippen molar-refractivity contribution in [2.24, 2.45) is 4.99 Å². The predicted octanol–water partition coefficient (Wildman–Crippen LogP) is 4.48. The monoisotopic (exact) mass is 314 g/mol. The molecule has 23 heavy (non-hydrogen) atoms. The SMILES string of the molecule is C/C=C(\C=NC)c1c(C(=O)OCC)cnc(C)c1/C=C\CCC. The van der Waals surface area contributed by atoms with Gasteiger partial charge in [0.25, 0.3) is 0 Å². The van der Waals surface area contributed by atoms with E-state index in [1.54, 1.807) is 26.4 Å². The first kappa shape index (κ1) is 18.8. The molecule has 1 heterocycles. The molecule has 4 nitrogen and oxygen atoms in total. The molecule has 0 aromatic carbocycles. The lowest BCUT2D eigenvalue weighted by Crippen LogP contribution is -2.11. The number of unbranched alkanes of at least 4 members (excludes halogenated alkanes) is 1. The number of rotatable bonds is 7. The summed E-state index contributed by atoms with van der Waals surface area (Å²) in [5.74, 6) is -0.357. The standard InChI is InChI=1S/C19H26N2O2/c1-6-9-10-11-16-14(4)21-13-17(19(22)23-8-3)18(16)15(7-2)12-20-5/h7,10-13H,6,8-9H2,1-5H3/b11-10-,15-7+,20-12?. The zero-order valence-corrected chi connectivity index (χ0v) is 14.7. The number of allylic oxidation sites excluding steroid dienone is 3. The summed E-state index contributed by atoms with van der Waals surface area (Å²) < 4.78 is 5.19. The molecule has 4 heteroatoms. The van der Waals surface area contributed by atoms with Gasteiger partial charge in [-0.3, -0.25) is 9.98 Å². The quantitative estimate of drug-likeness (QED) is 0.550. The van der Waals surface area contributed by atoms with Crippen molar-refractivity contribution in [2.75, 3.05) is 13.7 Å². The van der Waals surface area contributed by atoms with E-state index in [0.29, 0.717) is 12.2 Å². The topological polar surface area (TPSA) is 51.5 Å². The molecule has 0 N–H and O–H groups in total. The molecule has 0 aliphatic carbocycles. The van der Waals surface area contributed by atoms with Crippen LogP contribution in [-0.4, -0.2) is 30.8 Å². The van der Waals surface area contributed by atoms with Gasteiger partial charge < -0.3 is 4.74 Å². The van der Waals surface area contributed by atoms with Crippen molar-refractivity contribution in [1.82, 2.24) is 4.98 Å². The second-order valence-corrected chi connectivity index (χ2v) is 5.09. The molecule has 1 aromatic rings. The predicted molar refractivity (Wildman–Crippen MR) is 96.9 cm³/mol. The maximum absolute atomic E-state index is 12.3. The van der Waals surface area contributed by atoms with E-state index >= 15 is 0 Å². The van der Waals surface area contributed by atoms with Crippen molar-refractivity contribution >= 4 is 23.8 Å². The molecule has 0 saturated carbocycles. The van der Waals surface area contributed by atoms with Crippen LogP contribution in [-0.2, 0) is 4.74 Å². The van der Waals surface area contributed by atoms with Gasteiger partial charge in [-0.25, -0.2) is 4.79 Å². The molecule has 0 saturated heterocycles. The van der Waals surface area contributed by atoms with Gasteiger partial charge in [-0.1, -0.05) is 31.6 Å². The van der Waals surface area contributed by atoms with E-state index in [1.165, 1.54) is 0 Å². The van der Waals surface area contributed by atoms with Crippen LogP contribution in [0.25, 0.3) is 11.6 Å². The minimum Gasteiger partial charge on any atom is -0.462 e.